The molecule has 0 N–H and O–H groups in total. The van der Waals surface area contributed by atoms with Crippen LogP contribution in [0.3, 0.4) is 0 Å². The van der Waals surface area contributed by atoms with Crippen LogP contribution >= 0.6 is 22.9 Å². The highest BCUT2D eigenvalue weighted by Gasteiger charge is 2.35. The fourth-order valence-electron chi connectivity index (χ4n) is 4.66. The van der Waals surface area contributed by atoms with Gasteiger partial charge >= 0.3 is 5.97 Å². The maximum Gasteiger partial charge on any atom is 0.338 e. The number of nitrogens with zero attached hydrogens (tertiary/aromatic N) is 2. The number of halogens is 2. The van der Waals surface area contributed by atoms with Crippen molar-refractivity contribution in [1.82, 2.24) is 4.57 Å². The Hall–Kier alpha value is -4.21. The van der Waals surface area contributed by atoms with Crippen LogP contribution < -0.4 is 24.4 Å². The van der Waals surface area contributed by atoms with E-state index in [9.17, 15) is 14.0 Å². The van der Waals surface area contributed by atoms with Crippen molar-refractivity contribution in [1.29, 1.82) is 0 Å². The normalized spacial score (nSPS) is 14.9. The number of rotatable bonds is 8. The van der Waals surface area contributed by atoms with Crippen molar-refractivity contribution in [2.24, 2.45) is 4.99 Å². The van der Waals surface area contributed by atoms with E-state index in [-0.39, 0.29) is 17.7 Å². The Bertz CT molecular complexity index is 1810. The van der Waals surface area contributed by atoms with Gasteiger partial charge in [0, 0.05) is 5.56 Å². The van der Waals surface area contributed by atoms with Crippen LogP contribution in [0.2, 0.25) is 5.02 Å². The van der Waals surface area contributed by atoms with Gasteiger partial charge in [-0.05, 0) is 55.3 Å². The van der Waals surface area contributed by atoms with Crippen LogP contribution in [0.4, 0.5) is 4.39 Å². The summed E-state index contributed by atoms with van der Waals surface area (Å²) >= 11 is 7.64. The molecule has 4 aromatic rings. The van der Waals surface area contributed by atoms with Gasteiger partial charge in [0.1, 0.15) is 5.82 Å². The molecule has 0 saturated carbocycles. The second-order valence-electron chi connectivity index (χ2n) is 8.95. The molecule has 1 aliphatic heterocycles. The highest BCUT2D eigenvalue weighted by Crippen LogP contribution is 2.37. The van der Waals surface area contributed by atoms with Crippen molar-refractivity contribution >= 4 is 40.7 Å². The van der Waals surface area contributed by atoms with Crippen molar-refractivity contribution < 1.29 is 23.4 Å². The van der Waals surface area contributed by atoms with Crippen molar-refractivity contribution in [3.05, 3.63) is 120 Å². The first-order valence-electron chi connectivity index (χ1n) is 12.9. The number of carbonyl (C=O) groups is 1. The quantitative estimate of drug-likeness (QED) is 0.265. The molecule has 3 aromatic carbocycles. The van der Waals surface area contributed by atoms with E-state index in [1.54, 1.807) is 37.3 Å². The van der Waals surface area contributed by atoms with E-state index in [0.29, 0.717) is 54.8 Å². The van der Waals surface area contributed by atoms with Gasteiger partial charge < -0.3 is 14.2 Å². The van der Waals surface area contributed by atoms with Crippen LogP contribution in [0, 0.1) is 5.82 Å². The minimum absolute atomic E-state index is 0.130. The SMILES string of the molecule is CCOC(=O)C1=C(c2ccccc2)N=c2s/c(=C\c3cc(Cl)c(OCC)c(OC)c3)c(=O)n2[C@@H]1c1ccc(F)cc1. The fraction of sp³-hybridized carbons (Fsp3) is 0.194. The second-order valence-corrected chi connectivity index (χ2v) is 10.4. The van der Waals surface area contributed by atoms with E-state index in [1.165, 1.54) is 35.1 Å². The Morgan fingerprint density at radius 3 is 2.49 bits per heavy atom. The van der Waals surface area contributed by atoms with Crippen LogP contribution in [-0.2, 0) is 9.53 Å². The first kappa shape index (κ1) is 28.3. The third-order valence-corrected chi connectivity index (χ3v) is 7.66. The number of hydrogen-bond donors (Lipinski definition) is 0. The molecule has 0 fully saturated rings. The molecule has 10 heteroatoms. The molecular formula is C31H26ClFN2O5S. The average Bonchev–Trinajstić information content (AvgIpc) is 3.28. The molecule has 0 amide bonds. The van der Waals surface area contributed by atoms with Gasteiger partial charge in [0.2, 0.25) is 0 Å². The molecule has 0 aliphatic carbocycles. The summed E-state index contributed by atoms with van der Waals surface area (Å²) in [5, 5.41) is 0.338. The first-order valence-corrected chi connectivity index (χ1v) is 14.1. The van der Waals surface area contributed by atoms with E-state index in [0.717, 1.165) is 0 Å². The number of esters is 1. The van der Waals surface area contributed by atoms with Crippen LogP contribution in [-0.4, -0.2) is 30.9 Å². The summed E-state index contributed by atoms with van der Waals surface area (Å²) in [7, 11) is 1.51. The number of ether oxygens (including phenoxy) is 3. The lowest BCUT2D eigenvalue weighted by Crippen LogP contribution is -2.40. The van der Waals surface area contributed by atoms with Crippen LogP contribution in [0.15, 0.2) is 82.1 Å². The van der Waals surface area contributed by atoms with Crippen LogP contribution in [0.25, 0.3) is 11.8 Å². The van der Waals surface area contributed by atoms with E-state index in [2.05, 4.69) is 0 Å². The molecule has 0 unspecified atom stereocenters. The van der Waals surface area contributed by atoms with Gasteiger partial charge in [0.15, 0.2) is 16.3 Å². The minimum atomic E-state index is -0.901. The lowest BCUT2D eigenvalue weighted by Gasteiger charge is -2.25. The Balaban J connectivity index is 1.79. The zero-order valence-corrected chi connectivity index (χ0v) is 24.1. The molecule has 210 valence electrons. The molecule has 1 aliphatic rings. The number of carbonyl (C=O) groups excluding carboxylic acids is 1. The molecule has 0 spiro atoms. The number of aromatic nitrogens is 1. The highest BCUT2D eigenvalue weighted by atomic mass is 35.5. The van der Waals surface area contributed by atoms with Gasteiger partial charge in [-0.2, -0.15) is 0 Å². The number of methoxy groups -OCH3 is 1. The highest BCUT2D eigenvalue weighted by molar-refractivity contribution is 7.07. The van der Waals surface area contributed by atoms with Gasteiger partial charge in [-0.15, -0.1) is 0 Å². The molecular weight excluding hydrogens is 567 g/mol. The van der Waals surface area contributed by atoms with Gasteiger partial charge in [0.25, 0.3) is 5.56 Å². The Kier molecular flexibility index (Phi) is 8.37. The average molecular weight is 593 g/mol. The lowest BCUT2D eigenvalue weighted by molar-refractivity contribution is -0.138. The second kappa shape index (κ2) is 12.1. The van der Waals surface area contributed by atoms with Gasteiger partial charge in [-0.3, -0.25) is 9.36 Å². The molecule has 0 radical (unpaired) electrons. The molecule has 0 saturated heterocycles. The van der Waals surface area contributed by atoms with Crippen molar-refractivity contribution in [2.75, 3.05) is 20.3 Å². The van der Waals surface area contributed by atoms with Crippen molar-refractivity contribution in [2.45, 2.75) is 19.9 Å². The van der Waals surface area contributed by atoms with Gasteiger partial charge in [-0.25, -0.2) is 14.2 Å². The number of benzene rings is 3. The monoisotopic (exact) mass is 592 g/mol. The molecule has 2 heterocycles. The first-order chi connectivity index (χ1) is 19.9. The van der Waals surface area contributed by atoms with Gasteiger partial charge in [0.05, 0.1) is 47.2 Å². The summed E-state index contributed by atoms with van der Waals surface area (Å²) in [4.78, 5) is 32.6. The van der Waals surface area contributed by atoms with E-state index >= 15 is 0 Å². The van der Waals surface area contributed by atoms with Gasteiger partial charge in [-0.1, -0.05) is 65.4 Å². The molecule has 1 aromatic heterocycles. The van der Waals surface area contributed by atoms with Crippen molar-refractivity contribution in [3.63, 3.8) is 0 Å². The summed E-state index contributed by atoms with van der Waals surface area (Å²) in [6.07, 6.45) is 1.69. The van der Waals surface area contributed by atoms with Crippen LogP contribution in [0.5, 0.6) is 11.5 Å². The minimum Gasteiger partial charge on any atom is -0.493 e. The van der Waals surface area contributed by atoms with E-state index in [4.69, 9.17) is 30.8 Å². The summed E-state index contributed by atoms with van der Waals surface area (Å²) in [6, 6.07) is 17.4. The maximum atomic E-state index is 14.0. The topological polar surface area (TPSA) is 79.1 Å². The summed E-state index contributed by atoms with van der Waals surface area (Å²) in [5.74, 6) is -0.203. The largest absolute Gasteiger partial charge is 0.493 e. The third kappa shape index (κ3) is 5.55. The zero-order chi connectivity index (χ0) is 29.1. The van der Waals surface area contributed by atoms with Crippen LogP contribution in [0.1, 0.15) is 36.6 Å². The summed E-state index contributed by atoms with van der Waals surface area (Å²) in [5.41, 5.74) is 2.04. The molecule has 41 heavy (non-hydrogen) atoms. The fourth-order valence-corrected chi connectivity index (χ4v) is 5.93. The van der Waals surface area contributed by atoms with E-state index < -0.39 is 17.8 Å². The smallest absolute Gasteiger partial charge is 0.338 e. The molecule has 7 nitrogen and oxygen atoms in total. The standard InChI is InChI=1S/C31H26ClFN2O5S/c1-4-39-28-22(32)15-18(16-23(28)38-3)17-24-29(36)35-27(20-11-13-21(33)14-12-20)25(30(37)40-5-2)26(34-31(35)41-24)19-9-7-6-8-10-19/h6-17,27H,4-5H2,1-3H3/b24-17-/t27-/m1/s1. The zero-order valence-electron chi connectivity index (χ0n) is 22.5. The Morgan fingerprint density at radius 1 is 1.10 bits per heavy atom. The molecule has 5 rings (SSSR count). The predicted octanol–water partition coefficient (Wildman–Crippen LogP) is 5.14. The predicted molar refractivity (Wildman–Crippen MR) is 157 cm³/mol. The number of fused-ring (bicyclic) bond motifs is 1. The Labute approximate surface area is 244 Å². The van der Waals surface area contributed by atoms with Crippen molar-refractivity contribution in [3.8, 4) is 11.5 Å². The third-order valence-electron chi connectivity index (χ3n) is 6.40. The number of hydrogen-bond acceptors (Lipinski definition) is 7. The summed E-state index contributed by atoms with van der Waals surface area (Å²) < 4.78 is 32.3. The maximum absolute atomic E-state index is 14.0. The molecule has 0 bridgehead atoms. The summed E-state index contributed by atoms with van der Waals surface area (Å²) in [6.45, 7) is 4.09. The molecule has 1 atom stereocenters. The Morgan fingerprint density at radius 2 is 1.83 bits per heavy atom. The number of thiazole rings is 1. The van der Waals surface area contributed by atoms with E-state index in [1.807, 2.05) is 37.3 Å². The lowest BCUT2D eigenvalue weighted by atomic mass is 9.93.